The summed E-state index contributed by atoms with van der Waals surface area (Å²) >= 11 is 1.87. The predicted octanol–water partition coefficient (Wildman–Crippen LogP) is 2.11. The average molecular weight is 251 g/mol. The highest BCUT2D eigenvalue weighted by Gasteiger charge is 2.23. The second-order valence-electron chi connectivity index (χ2n) is 4.27. The van der Waals surface area contributed by atoms with Gasteiger partial charge in [-0.15, -0.1) is 11.8 Å². The number of nitrogens with zero attached hydrogens (tertiary/aromatic N) is 1. The lowest BCUT2D eigenvalue weighted by Gasteiger charge is -2.21. The monoisotopic (exact) mass is 251 g/mol. The van der Waals surface area contributed by atoms with Crippen molar-refractivity contribution < 1.29 is 9.90 Å². The fraction of sp³-hybridized carbons (Fsp3) is 0.462. The Balaban J connectivity index is 1.92. The standard InChI is InChI=1S/C13H17NO2S/c1-2-14(9-13(15)16)8-11-7-10-5-3-4-6-12(10)17-11/h3-6,11H,2,7-9H2,1H3,(H,15,16). The minimum atomic E-state index is -0.743. The predicted molar refractivity (Wildman–Crippen MR) is 69.5 cm³/mol. The molecule has 1 aliphatic rings. The van der Waals surface area contributed by atoms with Crippen LogP contribution in [0.4, 0.5) is 0 Å². The molecule has 92 valence electrons. The smallest absolute Gasteiger partial charge is 0.317 e. The van der Waals surface area contributed by atoms with Gasteiger partial charge in [0.15, 0.2) is 0 Å². The molecule has 4 heteroatoms. The maximum Gasteiger partial charge on any atom is 0.317 e. The van der Waals surface area contributed by atoms with Gasteiger partial charge in [-0.2, -0.15) is 0 Å². The van der Waals surface area contributed by atoms with E-state index in [1.165, 1.54) is 10.5 Å². The Morgan fingerprint density at radius 1 is 1.53 bits per heavy atom. The van der Waals surface area contributed by atoms with E-state index >= 15 is 0 Å². The highest BCUT2D eigenvalue weighted by Crippen LogP contribution is 2.36. The first-order valence-electron chi connectivity index (χ1n) is 5.87. The third-order valence-corrected chi connectivity index (χ3v) is 4.28. The van der Waals surface area contributed by atoms with Gasteiger partial charge in [0.2, 0.25) is 0 Å². The van der Waals surface area contributed by atoms with E-state index < -0.39 is 5.97 Å². The van der Waals surface area contributed by atoms with Crippen LogP contribution in [0, 0.1) is 0 Å². The van der Waals surface area contributed by atoms with Crippen molar-refractivity contribution in [2.75, 3.05) is 19.6 Å². The summed E-state index contributed by atoms with van der Waals surface area (Å²) in [4.78, 5) is 14.1. The summed E-state index contributed by atoms with van der Waals surface area (Å²) in [5.41, 5.74) is 1.40. The summed E-state index contributed by atoms with van der Waals surface area (Å²) in [6, 6.07) is 8.43. The number of carbonyl (C=O) groups is 1. The van der Waals surface area contributed by atoms with Gasteiger partial charge in [-0.3, -0.25) is 9.69 Å². The molecule has 0 radical (unpaired) electrons. The number of aliphatic carboxylic acids is 1. The van der Waals surface area contributed by atoms with Crippen molar-refractivity contribution in [3.05, 3.63) is 29.8 Å². The number of likely N-dealkylation sites (N-methyl/N-ethyl adjacent to an activating group) is 1. The third-order valence-electron chi connectivity index (χ3n) is 2.98. The number of rotatable bonds is 5. The number of benzene rings is 1. The number of thioether (sulfide) groups is 1. The molecular weight excluding hydrogens is 234 g/mol. The van der Waals surface area contributed by atoms with E-state index in [0.29, 0.717) is 5.25 Å². The average Bonchev–Trinajstić information content (AvgIpc) is 2.69. The molecule has 0 aliphatic carbocycles. The molecule has 0 saturated carbocycles. The zero-order valence-corrected chi connectivity index (χ0v) is 10.7. The van der Waals surface area contributed by atoms with Crippen LogP contribution in [-0.4, -0.2) is 40.9 Å². The third kappa shape index (κ3) is 3.23. The number of hydrogen-bond acceptors (Lipinski definition) is 3. The van der Waals surface area contributed by atoms with E-state index in [0.717, 1.165) is 19.5 Å². The van der Waals surface area contributed by atoms with Crippen molar-refractivity contribution in [3.8, 4) is 0 Å². The van der Waals surface area contributed by atoms with Crippen molar-refractivity contribution in [1.82, 2.24) is 4.90 Å². The van der Waals surface area contributed by atoms with Crippen LogP contribution in [0.2, 0.25) is 0 Å². The van der Waals surface area contributed by atoms with Gasteiger partial charge < -0.3 is 5.11 Å². The molecule has 1 heterocycles. The van der Waals surface area contributed by atoms with Crippen molar-refractivity contribution in [1.29, 1.82) is 0 Å². The molecule has 17 heavy (non-hydrogen) atoms. The van der Waals surface area contributed by atoms with Gasteiger partial charge >= 0.3 is 5.97 Å². The summed E-state index contributed by atoms with van der Waals surface area (Å²) in [6.45, 7) is 3.79. The topological polar surface area (TPSA) is 40.5 Å². The maximum absolute atomic E-state index is 10.7. The van der Waals surface area contributed by atoms with E-state index in [9.17, 15) is 4.79 Å². The fourth-order valence-corrected chi connectivity index (χ4v) is 3.51. The molecule has 3 nitrogen and oxygen atoms in total. The Morgan fingerprint density at radius 2 is 2.29 bits per heavy atom. The van der Waals surface area contributed by atoms with Crippen LogP contribution in [0.15, 0.2) is 29.2 Å². The van der Waals surface area contributed by atoms with Crippen LogP contribution >= 0.6 is 11.8 Å². The number of hydrogen-bond donors (Lipinski definition) is 1. The molecule has 1 aromatic carbocycles. The molecule has 0 amide bonds. The van der Waals surface area contributed by atoms with E-state index in [2.05, 4.69) is 24.3 Å². The van der Waals surface area contributed by atoms with E-state index in [4.69, 9.17) is 5.11 Å². The summed E-state index contributed by atoms with van der Waals surface area (Å²) in [5.74, 6) is -0.743. The summed E-state index contributed by atoms with van der Waals surface area (Å²) < 4.78 is 0. The van der Waals surface area contributed by atoms with Crippen LogP contribution in [0.25, 0.3) is 0 Å². The molecule has 0 aromatic heterocycles. The second-order valence-corrected chi connectivity index (χ2v) is 5.62. The molecule has 1 aliphatic heterocycles. The van der Waals surface area contributed by atoms with Crippen molar-refractivity contribution in [2.45, 2.75) is 23.5 Å². The number of carboxylic acid groups (broad SMARTS) is 1. The summed E-state index contributed by atoms with van der Waals surface area (Å²) in [5, 5.41) is 9.31. The van der Waals surface area contributed by atoms with Crippen LogP contribution in [0.1, 0.15) is 12.5 Å². The summed E-state index contributed by atoms with van der Waals surface area (Å²) in [6.07, 6.45) is 1.05. The van der Waals surface area contributed by atoms with E-state index in [1.54, 1.807) is 0 Å². The van der Waals surface area contributed by atoms with Gasteiger partial charge in [-0.1, -0.05) is 25.1 Å². The quantitative estimate of drug-likeness (QED) is 0.870. The zero-order valence-electron chi connectivity index (χ0n) is 9.93. The molecule has 2 rings (SSSR count). The van der Waals surface area contributed by atoms with Gasteiger partial charge in [0.1, 0.15) is 0 Å². The second kappa shape index (κ2) is 5.56. The molecule has 1 aromatic rings. The van der Waals surface area contributed by atoms with Crippen molar-refractivity contribution in [2.24, 2.45) is 0 Å². The highest BCUT2D eigenvalue weighted by molar-refractivity contribution is 8.00. The molecule has 0 fully saturated rings. The molecular formula is C13H17NO2S. The summed E-state index contributed by atoms with van der Waals surface area (Å²) in [7, 11) is 0. The Kier molecular flexibility index (Phi) is 4.07. The minimum Gasteiger partial charge on any atom is -0.480 e. The number of fused-ring (bicyclic) bond motifs is 1. The minimum absolute atomic E-state index is 0.143. The number of carboxylic acids is 1. The molecule has 1 unspecified atom stereocenters. The van der Waals surface area contributed by atoms with E-state index in [1.807, 2.05) is 23.6 Å². The van der Waals surface area contributed by atoms with Crippen LogP contribution in [0.3, 0.4) is 0 Å². The van der Waals surface area contributed by atoms with Gasteiger partial charge in [-0.25, -0.2) is 0 Å². The first kappa shape index (κ1) is 12.5. The van der Waals surface area contributed by atoms with Gasteiger partial charge in [0.25, 0.3) is 0 Å². The fourth-order valence-electron chi connectivity index (χ4n) is 2.14. The Bertz CT molecular complexity index is 383. The largest absolute Gasteiger partial charge is 0.480 e. The van der Waals surface area contributed by atoms with Crippen LogP contribution in [-0.2, 0) is 11.2 Å². The lowest BCUT2D eigenvalue weighted by atomic mass is 10.1. The van der Waals surface area contributed by atoms with Gasteiger partial charge in [-0.05, 0) is 24.6 Å². The normalized spacial score (nSPS) is 18.4. The molecule has 0 bridgehead atoms. The molecule has 0 spiro atoms. The Morgan fingerprint density at radius 3 is 2.94 bits per heavy atom. The lowest BCUT2D eigenvalue weighted by molar-refractivity contribution is -0.138. The first-order valence-corrected chi connectivity index (χ1v) is 6.75. The molecule has 0 saturated heterocycles. The highest BCUT2D eigenvalue weighted by atomic mass is 32.2. The molecule has 1 atom stereocenters. The first-order chi connectivity index (χ1) is 8.19. The Hall–Kier alpha value is -1.00. The molecule has 1 N–H and O–H groups in total. The van der Waals surface area contributed by atoms with Gasteiger partial charge in [0.05, 0.1) is 6.54 Å². The van der Waals surface area contributed by atoms with Gasteiger partial charge in [0, 0.05) is 16.7 Å². The van der Waals surface area contributed by atoms with Crippen molar-refractivity contribution >= 4 is 17.7 Å². The van der Waals surface area contributed by atoms with E-state index in [-0.39, 0.29) is 6.54 Å². The van der Waals surface area contributed by atoms with Crippen LogP contribution < -0.4 is 0 Å². The SMILES string of the molecule is CCN(CC(=O)O)CC1Cc2ccccc2S1. The Labute approximate surface area is 106 Å². The van der Waals surface area contributed by atoms with Crippen molar-refractivity contribution in [3.63, 3.8) is 0 Å². The lowest BCUT2D eigenvalue weighted by Crippen LogP contribution is -2.35. The van der Waals surface area contributed by atoms with Crippen LogP contribution in [0.5, 0.6) is 0 Å². The zero-order chi connectivity index (χ0) is 12.3. The maximum atomic E-state index is 10.7.